The Morgan fingerprint density at radius 3 is 2.54 bits per heavy atom. The Labute approximate surface area is 168 Å². The summed E-state index contributed by atoms with van der Waals surface area (Å²) in [6.07, 6.45) is 7.93. The molecule has 28 heavy (non-hydrogen) atoms. The average molecular weight is 384 g/mol. The molecular formula is C24H33NO3. The van der Waals surface area contributed by atoms with Crippen LogP contribution in [-0.2, 0) is 4.74 Å². The third-order valence-corrected chi connectivity index (χ3v) is 7.11. The SMILES string of the molecule is CC1=C[C@H](C)[C@H]2CO[C@H](c3ccc(OC(=O)NC4CCCCC4)cc3)[C@@H]1[C@@H]2C. The largest absolute Gasteiger partial charge is 0.412 e. The summed E-state index contributed by atoms with van der Waals surface area (Å²) in [6, 6.07) is 8.13. The summed E-state index contributed by atoms with van der Waals surface area (Å²) in [5.74, 6) is 2.83. The number of ether oxygens (including phenoxy) is 2. The van der Waals surface area contributed by atoms with Crippen LogP contribution in [0.5, 0.6) is 5.75 Å². The number of allylic oxidation sites excluding steroid dienone is 1. The number of fused-ring (bicyclic) bond motifs is 2. The minimum atomic E-state index is -0.343. The number of rotatable bonds is 3. The summed E-state index contributed by atoms with van der Waals surface area (Å²) in [6.45, 7) is 7.72. The number of carbonyl (C=O) groups is 1. The maximum absolute atomic E-state index is 12.2. The van der Waals surface area contributed by atoms with Gasteiger partial charge in [-0.3, -0.25) is 0 Å². The van der Waals surface area contributed by atoms with Gasteiger partial charge in [-0.15, -0.1) is 0 Å². The van der Waals surface area contributed by atoms with E-state index in [0.29, 0.717) is 29.4 Å². The van der Waals surface area contributed by atoms with Crippen LogP contribution in [0.2, 0.25) is 0 Å². The minimum Gasteiger partial charge on any atom is -0.410 e. The highest BCUT2D eigenvalue weighted by atomic mass is 16.6. The van der Waals surface area contributed by atoms with Gasteiger partial charge < -0.3 is 14.8 Å². The number of benzene rings is 1. The van der Waals surface area contributed by atoms with E-state index < -0.39 is 0 Å². The zero-order chi connectivity index (χ0) is 19.7. The molecule has 4 rings (SSSR count). The second kappa shape index (κ2) is 8.28. The molecule has 0 spiro atoms. The van der Waals surface area contributed by atoms with Crippen LogP contribution >= 0.6 is 0 Å². The molecule has 2 fully saturated rings. The van der Waals surface area contributed by atoms with Crippen LogP contribution in [0.15, 0.2) is 35.9 Å². The molecule has 1 aromatic rings. The molecule has 4 nitrogen and oxygen atoms in total. The predicted octanol–water partition coefficient (Wildman–Crippen LogP) is 5.64. The van der Waals surface area contributed by atoms with Crippen LogP contribution in [-0.4, -0.2) is 18.7 Å². The van der Waals surface area contributed by atoms with Crippen molar-refractivity contribution < 1.29 is 14.3 Å². The molecule has 1 saturated heterocycles. The number of hydrogen-bond acceptors (Lipinski definition) is 3. The smallest absolute Gasteiger partial charge is 0.410 e. The van der Waals surface area contributed by atoms with Crippen LogP contribution in [0.3, 0.4) is 0 Å². The minimum absolute atomic E-state index is 0.0834. The van der Waals surface area contributed by atoms with Crippen molar-refractivity contribution in [2.75, 3.05) is 6.61 Å². The molecule has 2 bridgehead atoms. The van der Waals surface area contributed by atoms with E-state index in [4.69, 9.17) is 9.47 Å². The average Bonchev–Trinajstić information content (AvgIpc) is 2.67. The molecule has 4 heteroatoms. The maximum Gasteiger partial charge on any atom is 0.412 e. The summed E-state index contributed by atoms with van der Waals surface area (Å²) >= 11 is 0. The van der Waals surface area contributed by atoms with Crippen molar-refractivity contribution in [3.63, 3.8) is 0 Å². The van der Waals surface area contributed by atoms with Gasteiger partial charge in [0, 0.05) is 12.0 Å². The molecule has 2 aliphatic carbocycles. The van der Waals surface area contributed by atoms with Gasteiger partial charge in [-0.2, -0.15) is 0 Å². The third-order valence-electron chi connectivity index (χ3n) is 7.11. The van der Waals surface area contributed by atoms with Gasteiger partial charge in [-0.25, -0.2) is 4.79 Å². The highest BCUT2D eigenvalue weighted by Crippen LogP contribution is 2.49. The summed E-state index contributed by atoms with van der Waals surface area (Å²) in [5, 5.41) is 3.00. The Bertz CT molecular complexity index is 720. The maximum atomic E-state index is 12.2. The van der Waals surface area contributed by atoms with E-state index in [0.717, 1.165) is 25.0 Å². The van der Waals surface area contributed by atoms with E-state index in [1.54, 1.807) is 0 Å². The lowest BCUT2D eigenvalue weighted by Crippen LogP contribution is -2.42. The van der Waals surface area contributed by atoms with Gasteiger partial charge in [0.05, 0.1) is 12.7 Å². The van der Waals surface area contributed by atoms with Gasteiger partial charge >= 0.3 is 6.09 Å². The molecule has 0 unspecified atom stereocenters. The standard InChI is InChI=1S/C24H33NO3/c1-15-13-16(2)22-17(3)21(15)14-27-23(22)18-9-11-20(12-10-18)28-24(26)25-19-7-5-4-6-8-19/h9-13,15,17,19,21-23H,4-8,14H2,1-3H3,(H,25,26)/t15-,17+,21+,22-,23+/m0/s1. The first-order chi connectivity index (χ1) is 13.5. The lowest BCUT2D eigenvalue weighted by Gasteiger charge is -2.47. The van der Waals surface area contributed by atoms with Gasteiger partial charge in [0.2, 0.25) is 0 Å². The first-order valence-corrected chi connectivity index (χ1v) is 10.9. The predicted molar refractivity (Wildman–Crippen MR) is 110 cm³/mol. The van der Waals surface area contributed by atoms with Gasteiger partial charge in [-0.05, 0) is 55.2 Å². The topological polar surface area (TPSA) is 47.6 Å². The van der Waals surface area contributed by atoms with Crippen LogP contribution in [0.4, 0.5) is 4.79 Å². The van der Waals surface area contributed by atoms with E-state index in [2.05, 4.69) is 32.2 Å². The van der Waals surface area contributed by atoms with Crippen molar-refractivity contribution >= 4 is 6.09 Å². The molecule has 1 amide bonds. The van der Waals surface area contributed by atoms with Crippen LogP contribution in [0.25, 0.3) is 0 Å². The Balaban J connectivity index is 1.40. The van der Waals surface area contributed by atoms with E-state index in [9.17, 15) is 4.79 Å². The van der Waals surface area contributed by atoms with Gasteiger partial charge in [-0.1, -0.05) is 56.9 Å². The van der Waals surface area contributed by atoms with Crippen molar-refractivity contribution in [2.45, 2.75) is 65.0 Å². The zero-order valence-corrected chi connectivity index (χ0v) is 17.3. The quantitative estimate of drug-likeness (QED) is 0.687. The first kappa shape index (κ1) is 19.5. The molecule has 1 heterocycles. The lowest BCUT2D eigenvalue weighted by molar-refractivity contribution is -0.0934. The van der Waals surface area contributed by atoms with Gasteiger partial charge in [0.15, 0.2) is 0 Å². The summed E-state index contributed by atoms with van der Waals surface area (Å²) in [7, 11) is 0. The van der Waals surface area contributed by atoms with Crippen LogP contribution in [0.1, 0.15) is 64.5 Å². The molecule has 0 radical (unpaired) electrons. The fraction of sp³-hybridized carbons (Fsp3) is 0.625. The summed E-state index contributed by atoms with van der Waals surface area (Å²) < 4.78 is 11.8. The van der Waals surface area contributed by atoms with Crippen molar-refractivity contribution in [1.29, 1.82) is 0 Å². The van der Waals surface area contributed by atoms with Crippen molar-refractivity contribution in [3.05, 3.63) is 41.5 Å². The highest BCUT2D eigenvalue weighted by molar-refractivity contribution is 5.70. The van der Waals surface area contributed by atoms with Crippen LogP contribution < -0.4 is 10.1 Å². The fourth-order valence-corrected chi connectivity index (χ4v) is 5.52. The van der Waals surface area contributed by atoms with Crippen LogP contribution in [0, 0.1) is 23.7 Å². The number of carbonyl (C=O) groups excluding carboxylic acids is 1. The van der Waals surface area contributed by atoms with Gasteiger partial charge in [0.25, 0.3) is 0 Å². The summed E-state index contributed by atoms with van der Waals surface area (Å²) in [4.78, 5) is 12.2. The van der Waals surface area contributed by atoms with Crippen molar-refractivity contribution in [2.24, 2.45) is 23.7 Å². The second-order valence-electron chi connectivity index (χ2n) is 9.01. The normalized spacial score (nSPS) is 33.1. The van der Waals surface area contributed by atoms with Gasteiger partial charge in [0.1, 0.15) is 5.75 Å². The third kappa shape index (κ3) is 3.98. The molecule has 5 atom stereocenters. The van der Waals surface area contributed by atoms with E-state index >= 15 is 0 Å². The number of hydrogen-bond donors (Lipinski definition) is 1. The molecule has 0 aromatic heterocycles. The van der Waals surface area contributed by atoms with E-state index in [-0.39, 0.29) is 18.2 Å². The molecule has 152 valence electrons. The molecule has 1 aromatic carbocycles. The Morgan fingerprint density at radius 1 is 1.11 bits per heavy atom. The second-order valence-corrected chi connectivity index (χ2v) is 9.01. The van der Waals surface area contributed by atoms with Crippen molar-refractivity contribution in [3.8, 4) is 5.75 Å². The molecule has 3 aliphatic rings. The summed E-state index contributed by atoms with van der Waals surface area (Å²) in [5.41, 5.74) is 2.60. The first-order valence-electron chi connectivity index (χ1n) is 10.9. The molecule has 1 N–H and O–H groups in total. The number of amides is 1. The van der Waals surface area contributed by atoms with E-state index in [1.165, 1.54) is 24.8 Å². The van der Waals surface area contributed by atoms with E-state index in [1.807, 2.05) is 24.3 Å². The monoisotopic (exact) mass is 383 g/mol. The molecule has 1 aliphatic heterocycles. The zero-order valence-electron chi connectivity index (χ0n) is 17.3. The fourth-order valence-electron chi connectivity index (χ4n) is 5.52. The Morgan fingerprint density at radius 2 is 1.82 bits per heavy atom. The van der Waals surface area contributed by atoms with Crippen molar-refractivity contribution in [1.82, 2.24) is 5.32 Å². The highest BCUT2D eigenvalue weighted by Gasteiger charge is 2.43. The Kier molecular flexibility index (Phi) is 5.77. The number of nitrogens with one attached hydrogen (secondary N) is 1. The Hall–Kier alpha value is -1.81. The molecular weight excluding hydrogens is 350 g/mol. The lowest BCUT2D eigenvalue weighted by atomic mass is 9.64. The molecule has 1 saturated carbocycles.